The van der Waals surface area contributed by atoms with Crippen molar-refractivity contribution in [3.05, 3.63) is 59.3 Å². The molecule has 20 heavy (non-hydrogen) atoms. The van der Waals surface area contributed by atoms with Crippen LogP contribution < -0.4 is 4.90 Å². The maximum atomic E-state index is 4.87. The molecule has 1 heterocycles. The molecule has 1 aliphatic carbocycles. The van der Waals surface area contributed by atoms with Crippen LogP contribution in [0.4, 0.5) is 5.82 Å². The third-order valence-electron chi connectivity index (χ3n) is 3.81. The first-order valence-corrected chi connectivity index (χ1v) is 8.32. The van der Waals surface area contributed by atoms with Crippen LogP contribution in [-0.4, -0.2) is 16.9 Å². The van der Waals surface area contributed by atoms with E-state index in [4.69, 9.17) is 4.98 Å². The predicted molar refractivity (Wildman–Crippen MR) is 87.5 cm³/mol. The standard InChI is InChI=1S/C17H19BrN2/c18-11-12-20(13-14-5-2-1-3-6-14)17-10-9-15-7-4-8-16(15)19-17/h1-3,5-6,9-10H,4,7-8,11-13H2. The maximum absolute atomic E-state index is 4.87. The lowest BCUT2D eigenvalue weighted by Crippen LogP contribution is -2.26. The first-order valence-electron chi connectivity index (χ1n) is 7.20. The van der Waals surface area contributed by atoms with Crippen LogP contribution in [0.3, 0.4) is 0 Å². The molecule has 1 aromatic carbocycles. The molecule has 0 radical (unpaired) electrons. The van der Waals surface area contributed by atoms with Crippen LogP contribution in [0.15, 0.2) is 42.5 Å². The third kappa shape index (κ3) is 3.04. The van der Waals surface area contributed by atoms with Gasteiger partial charge in [0, 0.05) is 24.1 Å². The number of nitrogens with zero attached hydrogens (tertiary/aromatic N) is 2. The largest absolute Gasteiger partial charge is 0.351 e. The highest BCUT2D eigenvalue weighted by atomic mass is 79.9. The SMILES string of the molecule is BrCCN(Cc1ccccc1)c1ccc2c(n1)CCC2. The van der Waals surface area contributed by atoms with Crippen molar-refractivity contribution < 1.29 is 0 Å². The fraction of sp³-hybridized carbons (Fsp3) is 0.353. The highest BCUT2D eigenvalue weighted by molar-refractivity contribution is 9.09. The zero-order valence-electron chi connectivity index (χ0n) is 11.6. The smallest absolute Gasteiger partial charge is 0.129 e. The summed E-state index contributed by atoms with van der Waals surface area (Å²) in [4.78, 5) is 7.22. The van der Waals surface area contributed by atoms with Crippen LogP contribution >= 0.6 is 15.9 Å². The van der Waals surface area contributed by atoms with Crippen LogP contribution in [0.5, 0.6) is 0 Å². The lowest BCUT2D eigenvalue weighted by atomic mass is 10.2. The molecule has 0 saturated heterocycles. The quantitative estimate of drug-likeness (QED) is 0.771. The lowest BCUT2D eigenvalue weighted by molar-refractivity contribution is 0.813. The van der Waals surface area contributed by atoms with E-state index in [2.05, 4.69) is 63.3 Å². The van der Waals surface area contributed by atoms with E-state index < -0.39 is 0 Å². The predicted octanol–water partition coefficient (Wildman–Crippen LogP) is 3.97. The zero-order valence-corrected chi connectivity index (χ0v) is 13.1. The van der Waals surface area contributed by atoms with Gasteiger partial charge in [-0.2, -0.15) is 0 Å². The minimum atomic E-state index is 0.915. The molecule has 0 atom stereocenters. The Balaban J connectivity index is 1.83. The van der Waals surface area contributed by atoms with Gasteiger partial charge in [0.25, 0.3) is 0 Å². The number of rotatable bonds is 5. The van der Waals surface area contributed by atoms with E-state index in [1.807, 2.05) is 0 Å². The van der Waals surface area contributed by atoms with Gasteiger partial charge in [-0.25, -0.2) is 4.98 Å². The summed E-state index contributed by atoms with van der Waals surface area (Å²) >= 11 is 3.55. The number of halogens is 1. The van der Waals surface area contributed by atoms with Crippen molar-refractivity contribution in [1.29, 1.82) is 0 Å². The van der Waals surface area contributed by atoms with Crippen molar-refractivity contribution in [2.75, 3.05) is 16.8 Å². The molecule has 1 aromatic heterocycles. The maximum Gasteiger partial charge on any atom is 0.129 e. The minimum Gasteiger partial charge on any atom is -0.351 e. The summed E-state index contributed by atoms with van der Waals surface area (Å²) in [6.45, 7) is 1.89. The number of aromatic nitrogens is 1. The van der Waals surface area contributed by atoms with Gasteiger partial charge >= 0.3 is 0 Å². The minimum absolute atomic E-state index is 0.915. The van der Waals surface area contributed by atoms with Crippen molar-refractivity contribution in [2.24, 2.45) is 0 Å². The second kappa shape index (κ2) is 6.40. The number of aryl methyl sites for hydroxylation is 2. The molecule has 0 fully saturated rings. The van der Waals surface area contributed by atoms with Crippen molar-refractivity contribution in [2.45, 2.75) is 25.8 Å². The van der Waals surface area contributed by atoms with Crippen molar-refractivity contribution in [1.82, 2.24) is 4.98 Å². The normalized spacial score (nSPS) is 13.2. The Hall–Kier alpha value is -1.35. The first kappa shape index (κ1) is 13.6. The summed E-state index contributed by atoms with van der Waals surface area (Å²) in [7, 11) is 0. The number of fused-ring (bicyclic) bond motifs is 1. The van der Waals surface area contributed by atoms with Gasteiger partial charge in [-0.1, -0.05) is 52.3 Å². The van der Waals surface area contributed by atoms with Gasteiger partial charge < -0.3 is 4.90 Å². The molecular formula is C17H19BrN2. The number of anilines is 1. The van der Waals surface area contributed by atoms with E-state index in [0.29, 0.717) is 0 Å². The monoisotopic (exact) mass is 330 g/mol. The van der Waals surface area contributed by atoms with E-state index in [1.165, 1.54) is 29.7 Å². The third-order valence-corrected chi connectivity index (χ3v) is 4.16. The van der Waals surface area contributed by atoms with Gasteiger partial charge in [-0.3, -0.25) is 0 Å². The summed E-state index contributed by atoms with van der Waals surface area (Å²) in [5.41, 5.74) is 4.07. The van der Waals surface area contributed by atoms with Crippen molar-refractivity contribution >= 4 is 21.7 Å². The van der Waals surface area contributed by atoms with Gasteiger partial charge in [0.15, 0.2) is 0 Å². The van der Waals surface area contributed by atoms with E-state index in [9.17, 15) is 0 Å². The Bertz CT molecular complexity index is 568. The lowest BCUT2D eigenvalue weighted by Gasteiger charge is -2.23. The molecule has 0 spiro atoms. The average molecular weight is 331 g/mol. The van der Waals surface area contributed by atoms with E-state index in [0.717, 1.165) is 30.7 Å². The molecule has 0 unspecified atom stereocenters. The van der Waals surface area contributed by atoms with Gasteiger partial charge in [-0.15, -0.1) is 0 Å². The van der Waals surface area contributed by atoms with Gasteiger partial charge in [-0.05, 0) is 36.5 Å². The molecule has 0 amide bonds. The van der Waals surface area contributed by atoms with Gasteiger partial charge in [0.1, 0.15) is 5.82 Å². The number of benzene rings is 1. The fourth-order valence-electron chi connectivity index (χ4n) is 2.77. The summed E-state index contributed by atoms with van der Waals surface area (Å²) < 4.78 is 0. The number of hydrogen-bond donors (Lipinski definition) is 0. The van der Waals surface area contributed by atoms with Crippen LogP contribution in [0.25, 0.3) is 0 Å². The number of alkyl halides is 1. The van der Waals surface area contributed by atoms with E-state index >= 15 is 0 Å². The average Bonchev–Trinajstić information content (AvgIpc) is 2.95. The summed E-state index contributed by atoms with van der Waals surface area (Å²) in [6.07, 6.45) is 3.58. The Morgan fingerprint density at radius 2 is 1.90 bits per heavy atom. The fourth-order valence-corrected chi connectivity index (χ4v) is 3.19. The molecule has 3 heteroatoms. The Labute approximate surface area is 129 Å². The molecule has 2 nitrogen and oxygen atoms in total. The summed E-state index contributed by atoms with van der Waals surface area (Å²) in [5.74, 6) is 1.11. The second-order valence-corrected chi connectivity index (χ2v) is 6.02. The highest BCUT2D eigenvalue weighted by Gasteiger charge is 2.15. The molecule has 0 saturated carbocycles. The van der Waals surface area contributed by atoms with Gasteiger partial charge in [0.2, 0.25) is 0 Å². The van der Waals surface area contributed by atoms with Crippen molar-refractivity contribution in [3.63, 3.8) is 0 Å². The number of pyridine rings is 1. The summed E-state index contributed by atoms with van der Waals surface area (Å²) in [6, 6.07) is 15.0. The Kier molecular flexibility index (Phi) is 4.36. The molecule has 0 aliphatic heterocycles. The molecular weight excluding hydrogens is 312 g/mol. The second-order valence-electron chi connectivity index (χ2n) is 5.22. The van der Waals surface area contributed by atoms with Crippen LogP contribution in [0.1, 0.15) is 23.2 Å². The molecule has 1 aliphatic rings. The van der Waals surface area contributed by atoms with Crippen LogP contribution in [0.2, 0.25) is 0 Å². The van der Waals surface area contributed by atoms with E-state index in [1.54, 1.807) is 0 Å². The number of hydrogen-bond acceptors (Lipinski definition) is 2. The summed E-state index contributed by atoms with van der Waals surface area (Å²) in [5, 5.41) is 0.957. The highest BCUT2D eigenvalue weighted by Crippen LogP contribution is 2.24. The van der Waals surface area contributed by atoms with Crippen molar-refractivity contribution in [3.8, 4) is 0 Å². The molecule has 2 aromatic rings. The molecule has 0 N–H and O–H groups in total. The molecule has 0 bridgehead atoms. The first-order chi connectivity index (χ1) is 9.86. The Morgan fingerprint density at radius 3 is 2.70 bits per heavy atom. The Morgan fingerprint density at radius 1 is 1.05 bits per heavy atom. The van der Waals surface area contributed by atoms with E-state index in [-0.39, 0.29) is 0 Å². The molecule has 104 valence electrons. The van der Waals surface area contributed by atoms with Crippen LogP contribution in [0, 0.1) is 0 Å². The topological polar surface area (TPSA) is 16.1 Å². The van der Waals surface area contributed by atoms with Gasteiger partial charge in [0.05, 0.1) is 0 Å². The zero-order chi connectivity index (χ0) is 13.8. The van der Waals surface area contributed by atoms with Crippen LogP contribution in [-0.2, 0) is 19.4 Å². The molecule has 3 rings (SSSR count).